The van der Waals surface area contributed by atoms with Crippen LogP contribution in [-0.4, -0.2) is 21.5 Å². The Bertz CT molecular complexity index is 499. The zero-order valence-corrected chi connectivity index (χ0v) is 9.34. The Morgan fingerprint density at radius 3 is 2.33 bits per heavy atom. The second-order valence-electron chi connectivity index (χ2n) is 2.98. The summed E-state index contributed by atoms with van der Waals surface area (Å²) in [4.78, 5) is 11.3. The fourth-order valence-electron chi connectivity index (χ4n) is 1.13. The van der Waals surface area contributed by atoms with Crippen molar-refractivity contribution in [2.75, 3.05) is 7.11 Å². The van der Waals surface area contributed by atoms with Crippen LogP contribution >= 0.6 is 0 Å². The van der Waals surface area contributed by atoms with Gasteiger partial charge in [0.1, 0.15) is 11.3 Å². The van der Waals surface area contributed by atoms with Crippen LogP contribution in [-0.2, 0) is 14.8 Å². The van der Waals surface area contributed by atoms with Crippen molar-refractivity contribution in [1.29, 1.82) is 0 Å². The highest BCUT2D eigenvalue weighted by Gasteiger charge is 2.28. The van der Waals surface area contributed by atoms with E-state index in [1.54, 1.807) is 6.92 Å². The summed E-state index contributed by atoms with van der Waals surface area (Å²) in [5.41, 5.74) is 0.267. The number of rotatable bonds is 2. The van der Waals surface area contributed by atoms with Gasteiger partial charge in [0.15, 0.2) is 0 Å². The van der Waals surface area contributed by atoms with Gasteiger partial charge in [0.2, 0.25) is 5.09 Å². The molecule has 2 N–H and O–H groups in total. The SMILES string of the molecule is COC(=O)c1c(S(N)(=O)=O)oc(C)c1C. The number of sulfonamides is 1. The van der Waals surface area contributed by atoms with E-state index in [1.165, 1.54) is 6.92 Å². The lowest BCUT2D eigenvalue weighted by atomic mass is 10.2. The van der Waals surface area contributed by atoms with Gasteiger partial charge < -0.3 is 9.15 Å². The van der Waals surface area contributed by atoms with Crippen LogP contribution in [0.15, 0.2) is 9.51 Å². The number of primary sulfonamides is 1. The van der Waals surface area contributed by atoms with E-state index in [0.717, 1.165) is 7.11 Å². The molecular formula is C8H11NO5S. The van der Waals surface area contributed by atoms with Crippen LogP contribution in [0.1, 0.15) is 21.7 Å². The normalized spacial score (nSPS) is 11.5. The molecule has 0 unspecified atom stereocenters. The monoisotopic (exact) mass is 233 g/mol. The van der Waals surface area contributed by atoms with Crippen LogP contribution in [0.3, 0.4) is 0 Å². The maximum atomic E-state index is 11.3. The Morgan fingerprint density at radius 2 is 1.93 bits per heavy atom. The predicted molar refractivity (Wildman–Crippen MR) is 50.9 cm³/mol. The Kier molecular flexibility index (Phi) is 2.87. The van der Waals surface area contributed by atoms with Crippen LogP contribution in [0.2, 0.25) is 0 Å². The van der Waals surface area contributed by atoms with Crippen LogP contribution in [0, 0.1) is 13.8 Å². The van der Waals surface area contributed by atoms with Crippen LogP contribution in [0.25, 0.3) is 0 Å². The second kappa shape index (κ2) is 3.67. The molecule has 7 heteroatoms. The molecule has 0 aliphatic heterocycles. The van der Waals surface area contributed by atoms with Crippen LogP contribution < -0.4 is 5.14 Å². The van der Waals surface area contributed by atoms with Gasteiger partial charge in [-0.1, -0.05) is 0 Å². The van der Waals surface area contributed by atoms with Crippen molar-refractivity contribution >= 4 is 16.0 Å². The maximum Gasteiger partial charge on any atom is 0.342 e. The standard InChI is InChI=1S/C8H11NO5S/c1-4-5(2)14-8(15(9,11)12)6(4)7(10)13-3/h1-3H3,(H2,9,11,12). The van der Waals surface area contributed by atoms with Crippen LogP contribution in [0.5, 0.6) is 0 Å². The first-order chi connectivity index (χ1) is 6.79. The minimum absolute atomic E-state index is 0.141. The van der Waals surface area contributed by atoms with Gasteiger partial charge in [-0.25, -0.2) is 18.4 Å². The van der Waals surface area contributed by atoms with Crippen molar-refractivity contribution in [3.63, 3.8) is 0 Å². The van der Waals surface area contributed by atoms with Crippen LogP contribution in [0.4, 0.5) is 0 Å². The summed E-state index contributed by atoms with van der Waals surface area (Å²) in [6.07, 6.45) is 0. The molecule has 0 aromatic carbocycles. The van der Waals surface area contributed by atoms with Gasteiger partial charge in [0, 0.05) is 5.56 Å². The second-order valence-corrected chi connectivity index (χ2v) is 4.44. The summed E-state index contributed by atoms with van der Waals surface area (Å²) in [6.45, 7) is 3.09. The molecule has 0 spiro atoms. The molecule has 1 rings (SSSR count). The van der Waals surface area contributed by atoms with Gasteiger partial charge in [-0.3, -0.25) is 0 Å². The third kappa shape index (κ3) is 2.02. The lowest BCUT2D eigenvalue weighted by Crippen LogP contribution is -2.16. The van der Waals surface area contributed by atoms with E-state index in [4.69, 9.17) is 9.56 Å². The minimum Gasteiger partial charge on any atom is -0.465 e. The first-order valence-electron chi connectivity index (χ1n) is 4.00. The van der Waals surface area contributed by atoms with Crippen molar-refractivity contribution < 1.29 is 22.4 Å². The number of esters is 1. The zero-order chi connectivity index (χ0) is 11.8. The molecule has 0 atom stereocenters. The number of hydrogen-bond donors (Lipinski definition) is 1. The van der Waals surface area contributed by atoms with Gasteiger partial charge in [-0.05, 0) is 13.8 Å². The lowest BCUT2D eigenvalue weighted by molar-refractivity contribution is 0.0592. The average Bonchev–Trinajstić information content (AvgIpc) is 2.42. The van der Waals surface area contributed by atoms with Crippen molar-refractivity contribution in [3.8, 4) is 0 Å². The van der Waals surface area contributed by atoms with E-state index >= 15 is 0 Å². The minimum atomic E-state index is -4.06. The molecule has 84 valence electrons. The van der Waals surface area contributed by atoms with E-state index in [0.29, 0.717) is 11.3 Å². The van der Waals surface area contributed by atoms with Gasteiger partial charge in [-0.15, -0.1) is 0 Å². The zero-order valence-electron chi connectivity index (χ0n) is 8.53. The van der Waals surface area contributed by atoms with Crippen molar-refractivity contribution in [1.82, 2.24) is 0 Å². The molecule has 0 aliphatic rings. The first kappa shape index (κ1) is 11.7. The molecule has 0 fully saturated rings. The molecule has 0 saturated heterocycles. The third-order valence-corrected chi connectivity index (χ3v) is 2.81. The summed E-state index contributed by atoms with van der Waals surface area (Å²) >= 11 is 0. The highest BCUT2D eigenvalue weighted by molar-refractivity contribution is 7.89. The summed E-state index contributed by atoms with van der Waals surface area (Å²) in [5, 5.41) is 4.35. The number of methoxy groups -OCH3 is 1. The fraction of sp³-hybridized carbons (Fsp3) is 0.375. The average molecular weight is 233 g/mol. The molecule has 6 nitrogen and oxygen atoms in total. The molecule has 1 heterocycles. The van der Waals surface area contributed by atoms with Gasteiger partial charge in [0.25, 0.3) is 10.0 Å². The summed E-state index contributed by atoms with van der Waals surface area (Å²) in [6, 6.07) is 0. The van der Waals surface area contributed by atoms with E-state index in [-0.39, 0.29) is 5.56 Å². The molecule has 0 bridgehead atoms. The lowest BCUT2D eigenvalue weighted by Gasteiger charge is -1.99. The Labute approximate surface area is 87.1 Å². The Hall–Kier alpha value is -1.34. The summed E-state index contributed by atoms with van der Waals surface area (Å²) in [7, 11) is -2.91. The smallest absolute Gasteiger partial charge is 0.342 e. The molecular weight excluding hydrogens is 222 g/mol. The van der Waals surface area contributed by atoms with E-state index < -0.39 is 21.1 Å². The van der Waals surface area contributed by atoms with Crippen molar-refractivity contribution in [3.05, 3.63) is 16.9 Å². The van der Waals surface area contributed by atoms with E-state index in [9.17, 15) is 13.2 Å². The van der Waals surface area contributed by atoms with E-state index in [2.05, 4.69) is 4.74 Å². The molecule has 0 amide bonds. The largest absolute Gasteiger partial charge is 0.465 e. The third-order valence-electron chi connectivity index (χ3n) is 2.00. The number of carbonyl (C=O) groups excluding carboxylic acids is 1. The number of nitrogens with two attached hydrogens (primary N) is 1. The van der Waals surface area contributed by atoms with Gasteiger partial charge in [-0.2, -0.15) is 0 Å². The van der Waals surface area contributed by atoms with Crippen molar-refractivity contribution in [2.45, 2.75) is 18.9 Å². The molecule has 1 aromatic heterocycles. The quantitative estimate of drug-likeness (QED) is 0.742. The Morgan fingerprint density at radius 1 is 1.40 bits per heavy atom. The summed E-state index contributed by atoms with van der Waals surface area (Å²) in [5.74, 6) is -0.465. The molecule has 0 aliphatic carbocycles. The molecule has 0 radical (unpaired) electrons. The summed E-state index contributed by atoms with van der Waals surface area (Å²) < 4.78 is 31.6. The highest BCUT2D eigenvalue weighted by Crippen LogP contribution is 2.25. The number of ether oxygens (including phenoxy) is 1. The number of aryl methyl sites for hydroxylation is 1. The first-order valence-corrected chi connectivity index (χ1v) is 5.54. The predicted octanol–water partition coefficient (Wildman–Crippen LogP) is 0.330. The maximum absolute atomic E-state index is 11.3. The Balaban J connectivity index is 3.55. The topological polar surface area (TPSA) is 99.6 Å². The van der Waals surface area contributed by atoms with Crippen molar-refractivity contribution in [2.24, 2.45) is 5.14 Å². The molecule has 1 aromatic rings. The highest BCUT2D eigenvalue weighted by atomic mass is 32.2. The van der Waals surface area contributed by atoms with E-state index in [1.807, 2.05) is 0 Å². The van der Waals surface area contributed by atoms with Gasteiger partial charge >= 0.3 is 5.97 Å². The molecule has 15 heavy (non-hydrogen) atoms. The van der Waals surface area contributed by atoms with Gasteiger partial charge in [0.05, 0.1) is 7.11 Å². The number of hydrogen-bond acceptors (Lipinski definition) is 5. The number of furan rings is 1. The number of carbonyl (C=O) groups is 1. The molecule has 0 saturated carbocycles. The fourth-order valence-corrected chi connectivity index (χ4v) is 1.90.